The van der Waals surface area contributed by atoms with Crippen LogP contribution in [0.25, 0.3) is 0 Å². The molecule has 0 spiro atoms. The number of primary amides is 1. The van der Waals surface area contributed by atoms with Gasteiger partial charge in [-0.3, -0.25) is 19.2 Å². The molecule has 1 unspecified atom stereocenters. The van der Waals surface area contributed by atoms with Gasteiger partial charge in [0.2, 0.25) is 11.7 Å². The van der Waals surface area contributed by atoms with Gasteiger partial charge >= 0.3 is 0 Å². The lowest BCUT2D eigenvalue weighted by Crippen LogP contribution is -2.45. The number of hydrogen-bond acceptors (Lipinski definition) is 6. The molecule has 9 nitrogen and oxygen atoms in total. The molecule has 0 saturated heterocycles. The van der Waals surface area contributed by atoms with Crippen LogP contribution in [-0.2, 0) is 14.4 Å². The van der Waals surface area contributed by atoms with Crippen molar-refractivity contribution in [3.63, 3.8) is 0 Å². The lowest BCUT2D eigenvalue weighted by Gasteiger charge is -2.15. The van der Waals surface area contributed by atoms with E-state index < -0.39 is 29.5 Å². The molecular weight excluding hydrogens is 290 g/mol. The zero-order valence-electron chi connectivity index (χ0n) is 12.3. The van der Waals surface area contributed by atoms with Crippen molar-refractivity contribution >= 4 is 23.5 Å². The number of carbonyl (C=O) groups excluding carboxylic acids is 4. The van der Waals surface area contributed by atoms with Crippen LogP contribution in [0, 0.1) is 6.92 Å². The van der Waals surface area contributed by atoms with Crippen molar-refractivity contribution in [3.05, 3.63) is 23.8 Å². The number of hydrogen-bond donors (Lipinski definition) is 3. The average molecular weight is 307 g/mol. The molecule has 0 aromatic carbocycles. The molecule has 118 valence electrons. The minimum atomic E-state index is -1.07. The van der Waals surface area contributed by atoms with Gasteiger partial charge < -0.3 is 16.4 Å². The molecule has 0 aliphatic rings. The molecule has 1 heterocycles. The van der Waals surface area contributed by atoms with Gasteiger partial charge in [0.1, 0.15) is 12.4 Å². The number of nitrogens with zero attached hydrogens (tertiary/aromatic N) is 2. The Kier molecular flexibility index (Phi) is 6.11. The second kappa shape index (κ2) is 7.81. The Labute approximate surface area is 126 Å². The normalized spacial score (nSPS) is 11.4. The highest BCUT2D eigenvalue weighted by molar-refractivity contribution is 6.36. The number of rotatable bonds is 7. The van der Waals surface area contributed by atoms with E-state index in [0.717, 1.165) is 0 Å². The van der Waals surface area contributed by atoms with Crippen molar-refractivity contribution < 1.29 is 19.2 Å². The first-order valence-electron chi connectivity index (χ1n) is 6.48. The summed E-state index contributed by atoms with van der Waals surface area (Å²) < 4.78 is 0. The molecule has 0 saturated carbocycles. The van der Waals surface area contributed by atoms with Gasteiger partial charge in [0.25, 0.3) is 11.8 Å². The van der Waals surface area contributed by atoms with E-state index in [4.69, 9.17) is 5.73 Å². The summed E-state index contributed by atoms with van der Waals surface area (Å²) in [7, 11) is 1.33. The van der Waals surface area contributed by atoms with Crippen LogP contribution in [0.4, 0.5) is 0 Å². The van der Waals surface area contributed by atoms with E-state index >= 15 is 0 Å². The fourth-order valence-corrected chi connectivity index (χ4v) is 1.66. The maximum atomic E-state index is 12.1. The SMILES string of the molecule is CNC(=O)C(=O)CCC(NC(=O)c1cncnc1C)C(N)=O. The van der Waals surface area contributed by atoms with Crippen LogP contribution in [0.1, 0.15) is 28.9 Å². The molecule has 1 aromatic rings. The first-order valence-corrected chi connectivity index (χ1v) is 6.48. The number of Topliss-reactive ketones (excluding diaryl/α,β-unsaturated/α-hetero) is 1. The predicted octanol–water partition coefficient (Wildman–Crippen LogP) is -1.54. The monoisotopic (exact) mass is 307 g/mol. The number of amides is 3. The molecule has 9 heteroatoms. The van der Waals surface area contributed by atoms with E-state index in [2.05, 4.69) is 20.6 Å². The Bertz CT molecular complexity index is 602. The van der Waals surface area contributed by atoms with Crippen LogP contribution in [0.15, 0.2) is 12.5 Å². The summed E-state index contributed by atoms with van der Waals surface area (Å²) in [6.45, 7) is 1.62. The average Bonchev–Trinajstić information content (AvgIpc) is 2.50. The zero-order valence-corrected chi connectivity index (χ0v) is 12.3. The second-order valence-corrected chi connectivity index (χ2v) is 4.49. The zero-order chi connectivity index (χ0) is 16.7. The Morgan fingerprint density at radius 1 is 1.32 bits per heavy atom. The standard InChI is InChI=1S/C13H17N5O4/c1-7-8(5-16-6-17-7)12(21)18-9(11(14)20)3-4-10(19)13(22)15-2/h5-6,9H,3-4H2,1-2H3,(H2,14,20)(H,15,22)(H,18,21). The number of nitrogens with one attached hydrogen (secondary N) is 2. The van der Waals surface area contributed by atoms with Gasteiger partial charge in [-0.05, 0) is 13.3 Å². The first kappa shape index (κ1) is 17.2. The van der Waals surface area contributed by atoms with E-state index in [1.165, 1.54) is 19.6 Å². The Balaban J connectivity index is 2.71. The third kappa shape index (κ3) is 4.62. The maximum Gasteiger partial charge on any atom is 0.287 e. The number of likely N-dealkylation sites (N-methyl/N-ethyl adjacent to an activating group) is 1. The van der Waals surface area contributed by atoms with Crippen LogP contribution in [-0.4, -0.2) is 46.6 Å². The highest BCUT2D eigenvalue weighted by atomic mass is 16.2. The summed E-state index contributed by atoms with van der Waals surface area (Å²) >= 11 is 0. The minimum Gasteiger partial charge on any atom is -0.368 e. The van der Waals surface area contributed by atoms with Crippen molar-refractivity contribution in [2.45, 2.75) is 25.8 Å². The summed E-state index contributed by atoms with van der Waals surface area (Å²) in [4.78, 5) is 53.5. The summed E-state index contributed by atoms with van der Waals surface area (Å²) in [6, 6.07) is -1.07. The highest BCUT2D eigenvalue weighted by Gasteiger charge is 2.22. The molecule has 0 fully saturated rings. The van der Waals surface area contributed by atoms with Crippen LogP contribution in [0.2, 0.25) is 0 Å². The van der Waals surface area contributed by atoms with Crippen molar-refractivity contribution in [2.24, 2.45) is 5.73 Å². The van der Waals surface area contributed by atoms with Crippen LogP contribution < -0.4 is 16.4 Å². The minimum absolute atomic E-state index is 0.0694. The number of aryl methyl sites for hydroxylation is 1. The fraction of sp³-hybridized carbons (Fsp3) is 0.385. The third-order valence-electron chi connectivity index (χ3n) is 2.95. The predicted molar refractivity (Wildman–Crippen MR) is 75.5 cm³/mol. The van der Waals surface area contributed by atoms with Crippen molar-refractivity contribution in [2.75, 3.05) is 7.05 Å². The fourth-order valence-electron chi connectivity index (χ4n) is 1.66. The number of carbonyl (C=O) groups is 4. The largest absolute Gasteiger partial charge is 0.368 e. The van der Waals surface area contributed by atoms with E-state index in [0.29, 0.717) is 5.69 Å². The summed E-state index contributed by atoms with van der Waals surface area (Å²) in [5.41, 5.74) is 5.84. The van der Waals surface area contributed by atoms with Gasteiger partial charge in [-0.15, -0.1) is 0 Å². The maximum absolute atomic E-state index is 12.1. The van der Waals surface area contributed by atoms with E-state index in [1.54, 1.807) is 6.92 Å². The Morgan fingerprint density at radius 3 is 2.55 bits per heavy atom. The lowest BCUT2D eigenvalue weighted by atomic mass is 10.1. The van der Waals surface area contributed by atoms with Crippen LogP contribution in [0.3, 0.4) is 0 Å². The van der Waals surface area contributed by atoms with E-state index in [9.17, 15) is 19.2 Å². The Hall–Kier alpha value is -2.84. The van der Waals surface area contributed by atoms with Gasteiger partial charge in [0, 0.05) is 19.7 Å². The van der Waals surface area contributed by atoms with Gasteiger partial charge in [-0.1, -0.05) is 0 Å². The van der Waals surface area contributed by atoms with Gasteiger partial charge in [0.05, 0.1) is 11.3 Å². The molecule has 4 N–H and O–H groups in total. The molecule has 0 aliphatic heterocycles. The lowest BCUT2D eigenvalue weighted by molar-refractivity contribution is -0.137. The number of ketones is 1. The second-order valence-electron chi connectivity index (χ2n) is 4.49. The summed E-state index contributed by atoms with van der Waals surface area (Å²) in [5.74, 6) is -2.83. The molecular formula is C13H17N5O4. The van der Waals surface area contributed by atoms with Gasteiger partial charge in [-0.2, -0.15) is 0 Å². The van der Waals surface area contributed by atoms with Crippen molar-refractivity contribution in [3.8, 4) is 0 Å². The van der Waals surface area contributed by atoms with Gasteiger partial charge in [-0.25, -0.2) is 9.97 Å². The summed E-state index contributed by atoms with van der Waals surface area (Å²) in [6.07, 6.45) is 2.32. The van der Waals surface area contributed by atoms with Crippen molar-refractivity contribution in [1.29, 1.82) is 0 Å². The Morgan fingerprint density at radius 2 is 2.00 bits per heavy atom. The first-order chi connectivity index (χ1) is 10.4. The molecule has 1 atom stereocenters. The van der Waals surface area contributed by atoms with Crippen molar-refractivity contribution in [1.82, 2.24) is 20.6 Å². The number of nitrogens with two attached hydrogens (primary N) is 1. The molecule has 0 aliphatic carbocycles. The van der Waals surface area contributed by atoms with E-state index in [-0.39, 0.29) is 18.4 Å². The molecule has 0 bridgehead atoms. The highest BCUT2D eigenvalue weighted by Crippen LogP contribution is 2.04. The smallest absolute Gasteiger partial charge is 0.287 e. The molecule has 1 rings (SSSR count). The van der Waals surface area contributed by atoms with Gasteiger partial charge in [0.15, 0.2) is 0 Å². The van der Waals surface area contributed by atoms with Crippen LogP contribution >= 0.6 is 0 Å². The molecule has 0 radical (unpaired) electrons. The molecule has 22 heavy (non-hydrogen) atoms. The van der Waals surface area contributed by atoms with Crippen LogP contribution in [0.5, 0.6) is 0 Å². The topological polar surface area (TPSA) is 144 Å². The van der Waals surface area contributed by atoms with E-state index in [1.807, 2.05) is 0 Å². The third-order valence-corrected chi connectivity index (χ3v) is 2.95. The number of aromatic nitrogens is 2. The molecule has 1 aromatic heterocycles. The quantitative estimate of drug-likeness (QED) is 0.521. The summed E-state index contributed by atoms with van der Waals surface area (Å²) in [5, 5.41) is 4.59. The molecule has 3 amide bonds.